The highest BCUT2D eigenvalue weighted by Crippen LogP contribution is 2.24. The Labute approximate surface area is 112 Å². The third kappa shape index (κ3) is 5.85. The molecule has 1 fully saturated rings. The highest BCUT2D eigenvalue weighted by Gasteiger charge is 2.25. The lowest BCUT2D eigenvalue weighted by molar-refractivity contribution is -0.142. The van der Waals surface area contributed by atoms with E-state index in [1.165, 1.54) is 32.8 Å². The predicted octanol–water partition coefficient (Wildman–Crippen LogP) is 3.23. The predicted molar refractivity (Wildman–Crippen MR) is 74.5 cm³/mol. The maximum absolute atomic E-state index is 11.4. The highest BCUT2D eigenvalue weighted by molar-refractivity contribution is 5.69. The van der Waals surface area contributed by atoms with Crippen LogP contribution in [0.2, 0.25) is 0 Å². The molecule has 106 valence electrons. The lowest BCUT2D eigenvalue weighted by Crippen LogP contribution is -2.41. The van der Waals surface area contributed by atoms with Gasteiger partial charge in [-0.1, -0.05) is 27.2 Å². The molecule has 18 heavy (non-hydrogen) atoms. The minimum Gasteiger partial charge on any atom is -0.469 e. The largest absolute Gasteiger partial charge is 0.469 e. The number of ether oxygens (including phenoxy) is 1. The van der Waals surface area contributed by atoms with Gasteiger partial charge in [-0.25, -0.2) is 0 Å². The lowest BCUT2D eigenvalue weighted by Gasteiger charge is -2.35. The highest BCUT2D eigenvalue weighted by atomic mass is 16.5. The van der Waals surface area contributed by atoms with Crippen molar-refractivity contribution in [1.29, 1.82) is 0 Å². The molecule has 0 aromatic heterocycles. The quantitative estimate of drug-likeness (QED) is 0.706. The molecule has 0 aromatic carbocycles. The fourth-order valence-electron chi connectivity index (χ4n) is 2.67. The Kier molecular flexibility index (Phi) is 6.13. The van der Waals surface area contributed by atoms with E-state index in [1.54, 1.807) is 0 Å². The van der Waals surface area contributed by atoms with Gasteiger partial charge in [-0.2, -0.15) is 0 Å². The Morgan fingerprint density at radius 3 is 2.67 bits per heavy atom. The van der Waals surface area contributed by atoms with Crippen molar-refractivity contribution in [3.63, 3.8) is 0 Å². The molecule has 1 heterocycles. The van der Waals surface area contributed by atoms with Gasteiger partial charge in [0.05, 0.1) is 13.5 Å². The van der Waals surface area contributed by atoms with Gasteiger partial charge < -0.3 is 4.74 Å². The molecular formula is C15H29NO2. The zero-order valence-corrected chi connectivity index (χ0v) is 12.5. The van der Waals surface area contributed by atoms with Gasteiger partial charge in [-0.15, -0.1) is 0 Å². The standard InChI is InChI=1S/C15H29NO2/c1-15(2,3)9-7-11-16-10-6-5-8-13(16)12-14(17)18-4/h13H,5-12H2,1-4H3. The molecule has 0 spiro atoms. The summed E-state index contributed by atoms with van der Waals surface area (Å²) in [5.41, 5.74) is 0.410. The number of nitrogens with zero attached hydrogens (tertiary/aromatic N) is 1. The van der Waals surface area contributed by atoms with E-state index in [1.807, 2.05) is 0 Å². The third-order valence-electron chi connectivity index (χ3n) is 3.75. The first kappa shape index (κ1) is 15.5. The Morgan fingerprint density at radius 2 is 2.06 bits per heavy atom. The van der Waals surface area contributed by atoms with E-state index in [2.05, 4.69) is 25.7 Å². The SMILES string of the molecule is COC(=O)CC1CCCCN1CCCC(C)(C)C. The number of carbonyl (C=O) groups is 1. The van der Waals surface area contributed by atoms with Crippen molar-refractivity contribution in [2.24, 2.45) is 5.41 Å². The average Bonchev–Trinajstić information content (AvgIpc) is 2.29. The molecule has 3 nitrogen and oxygen atoms in total. The van der Waals surface area contributed by atoms with Crippen molar-refractivity contribution in [3.8, 4) is 0 Å². The van der Waals surface area contributed by atoms with E-state index in [-0.39, 0.29) is 5.97 Å². The van der Waals surface area contributed by atoms with Crippen LogP contribution in [-0.2, 0) is 9.53 Å². The van der Waals surface area contributed by atoms with Crippen LogP contribution >= 0.6 is 0 Å². The van der Waals surface area contributed by atoms with E-state index in [4.69, 9.17) is 4.74 Å². The van der Waals surface area contributed by atoms with Gasteiger partial charge in [0.1, 0.15) is 0 Å². The first-order valence-electron chi connectivity index (χ1n) is 7.23. The van der Waals surface area contributed by atoms with Crippen LogP contribution in [0.3, 0.4) is 0 Å². The molecule has 0 aliphatic carbocycles. The van der Waals surface area contributed by atoms with E-state index < -0.39 is 0 Å². The Morgan fingerprint density at radius 1 is 1.33 bits per heavy atom. The number of esters is 1. The van der Waals surface area contributed by atoms with Crippen LogP contribution in [-0.4, -0.2) is 37.1 Å². The van der Waals surface area contributed by atoms with Crippen LogP contribution in [0, 0.1) is 5.41 Å². The van der Waals surface area contributed by atoms with Crippen LogP contribution < -0.4 is 0 Å². The number of methoxy groups -OCH3 is 1. The topological polar surface area (TPSA) is 29.5 Å². The van der Waals surface area contributed by atoms with Crippen LogP contribution in [0.25, 0.3) is 0 Å². The van der Waals surface area contributed by atoms with Crippen molar-refractivity contribution in [1.82, 2.24) is 4.90 Å². The number of hydrogen-bond acceptors (Lipinski definition) is 3. The van der Waals surface area contributed by atoms with Gasteiger partial charge in [0.2, 0.25) is 0 Å². The molecule has 0 amide bonds. The summed E-state index contributed by atoms with van der Waals surface area (Å²) in [6.07, 6.45) is 6.69. The molecule has 1 atom stereocenters. The van der Waals surface area contributed by atoms with Crippen LogP contribution in [0.5, 0.6) is 0 Å². The monoisotopic (exact) mass is 255 g/mol. The molecule has 0 radical (unpaired) electrons. The van der Waals surface area contributed by atoms with Crippen LogP contribution in [0.15, 0.2) is 0 Å². The number of carbonyl (C=O) groups excluding carboxylic acids is 1. The van der Waals surface area contributed by atoms with Crippen molar-refractivity contribution < 1.29 is 9.53 Å². The van der Waals surface area contributed by atoms with Crippen molar-refractivity contribution >= 4 is 5.97 Å². The van der Waals surface area contributed by atoms with Gasteiger partial charge in [0.25, 0.3) is 0 Å². The smallest absolute Gasteiger partial charge is 0.307 e. The maximum atomic E-state index is 11.4. The summed E-state index contributed by atoms with van der Waals surface area (Å²) in [7, 11) is 1.48. The van der Waals surface area contributed by atoms with Gasteiger partial charge in [-0.3, -0.25) is 9.69 Å². The minimum atomic E-state index is -0.0669. The zero-order chi connectivity index (χ0) is 13.6. The Balaban J connectivity index is 2.37. The fraction of sp³-hybridized carbons (Fsp3) is 0.933. The molecule has 1 rings (SSSR count). The van der Waals surface area contributed by atoms with Gasteiger partial charge in [0.15, 0.2) is 0 Å². The molecule has 3 heteroatoms. The summed E-state index contributed by atoms with van der Waals surface area (Å²) < 4.78 is 4.79. The number of rotatable bonds is 5. The van der Waals surface area contributed by atoms with E-state index in [0.29, 0.717) is 17.9 Å². The molecule has 0 bridgehead atoms. The summed E-state index contributed by atoms with van der Waals surface area (Å²) in [6, 6.07) is 0.408. The van der Waals surface area contributed by atoms with Crippen molar-refractivity contribution in [2.75, 3.05) is 20.2 Å². The molecular weight excluding hydrogens is 226 g/mol. The molecule has 0 aromatic rings. The van der Waals surface area contributed by atoms with Gasteiger partial charge >= 0.3 is 5.97 Å². The first-order chi connectivity index (χ1) is 8.42. The van der Waals surface area contributed by atoms with Crippen molar-refractivity contribution in [2.45, 2.75) is 65.3 Å². The summed E-state index contributed by atoms with van der Waals surface area (Å²) in [6.45, 7) is 9.13. The Bertz CT molecular complexity index is 258. The number of piperidine rings is 1. The molecule has 0 saturated carbocycles. The summed E-state index contributed by atoms with van der Waals surface area (Å²) in [5.74, 6) is -0.0669. The van der Waals surface area contributed by atoms with Crippen molar-refractivity contribution in [3.05, 3.63) is 0 Å². The second kappa shape index (κ2) is 7.13. The molecule has 1 saturated heterocycles. The lowest BCUT2D eigenvalue weighted by atomic mass is 9.90. The second-order valence-electron chi connectivity index (χ2n) is 6.63. The van der Waals surface area contributed by atoms with Gasteiger partial charge in [-0.05, 0) is 44.2 Å². The first-order valence-corrected chi connectivity index (χ1v) is 7.23. The molecule has 1 aliphatic rings. The molecule has 1 unspecified atom stereocenters. The fourth-order valence-corrected chi connectivity index (χ4v) is 2.67. The molecule has 1 aliphatic heterocycles. The number of likely N-dealkylation sites (tertiary alicyclic amines) is 1. The minimum absolute atomic E-state index is 0.0669. The number of hydrogen-bond donors (Lipinski definition) is 0. The zero-order valence-electron chi connectivity index (χ0n) is 12.5. The molecule has 0 N–H and O–H groups in total. The second-order valence-corrected chi connectivity index (χ2v) is 6.63. The maximum Gasteiger partial charge on any atom is 0.307 e. The summed E-state index contributed by atoms with van der Waals surface area (Å²) >= 11 is 0. The van der Waals surface area contributed by atoms with E-state index in [9.17, 15) is 4.79 Å². The van der Waals surface area contributed by atoms with Gasteiger partial charge in [0, 0.05) is 6.04 Å². The summed E-state index contributed by atoms with van der Waals surface area (Å²) in [4.78, 5) is 13.9. The van der Waals surface area contributed by atoms with Crippen LogP contribution in [0.4, 0.5) is 0 Å². The van der Waals surface area contributed by atoms with E-state index in [0.717, 1.165) is 19.5 Å². The normalized spacial score (nSPS) is 21.9. The van der Waals surface area contributed by atoms with E-state index >= 15 is 0 Å². The Hall–Kier alpha value is -0.570. The summed E-state index contributed by atoms with van der Waals surface area (Å²) in [5, 5.41) is 0. The third-order valence-corrected chi connectivity index (χ3v) is 3.75. The van der Waals surface area contributed by atoms with Crippen LogP contribution in [0.1, 0.15) is 59.3 Å². The average molecular weight is 255 g/mol.